The van der Waals surface area contributed by atoms with Crippen molar-refractivity contribution in [3.05, 3.63) is 74.1 Å². The maximum atomic E-state index is 12.1. The van der Waals surface area contributed by atoms with Gasteiger partial charge in [-0.15, -0.1) is 11.3 Å². The van der Waals surface area contributed by atoms with Crippen LogP contribution in [0.15, 0.2) is 58.6 Å². The Morgan fingerprint density at radius 2 is 2.00 bits per heavy atom. The fourth-order valence-corrected chi connectivity index (χ4v) is 4.00. The number of hydrogen-bond donors (Lipinski definition) is 2. The Morgan fingerprint density at radius 1 is 1.20 bits per heavy atom. The molecule has 2 aromatic heterocycles. The highest BCUT2D eigenvalue weighted by Gasteiger charge is 2.33. The summed E-state index contributed by atoms with van der Waals surface area (Å²) in [4.78, 5) is 12.9. The summed E-state index contributed by atoms with van der Waals surface area (Å²) >= 11 is 8.77. The maximum Gasteiger partial charge on any atom is 0.258 e. The van der Waals surface area contributed by atoms with Crippen molar-refractivity contribution in [1.82, 2.24) is 5.32 Å². The van der Waals surface area contributed by atoms with Gasteiger partial charge in [0, 0.05) is 15.5 Å². The molecule has 25 heavy (non-hydrogen) atoms. The summed E-state index contributed by atoms with van der Waals surface area (Å²) in [6.45, 7) is -0.0567. The lowest BCUT2D eigenvalue weighted by molar-refractivity contribution is -0.124. The molecule has 7 heteroatoms. The molecule has 0 saturated heterocycles. The summed E-state index contributed by atoms with van der Waals surface area (Å²) in [6.07, 6.45) is 0. The molecular formula is C18H16ClNO3S2. The Hall–Kier alpha value is -1.86. The molecule has 4 nitrogen and oxygen atoms in total. The largest absolute Gasteiger partial charge is 0.484 e. The van der Waals surface area contributed by atoms with Crippen molar-refractivity contribution >= 4 is 40.2 Å². The first-order valence-electron chi connectivity index (χ1n) is 7.52. The topological polar surface area (TPSA) is 58.6 Å². The number of aliphatic hydroxyl groups is 1. The molecule has 0 spiro atoms. The van der Waals surface area contributed by atoms with Gasteiger partial charge in [0.2, 0.25) is 0 Å². The van der Waals surface area contributed by atoms with Crippen LogP contribution in [0.25, 0.3) is 0 Å². The van der Waals surface area contributed by atoms with Crippen LogP contribution in [0, 0.1) is 0 Å². The Balaban J connectivity index is 1.61. The summed E-state index contributed by atoms with van der Waals surface area (Å²) < 4.78 is 5.42. The molecule has 1 aromatic carbocycles. The fourth-order valence-electron chi connectivity index (χ4n) is 2.30. The lowest BCUT2D eigenvalue weighted by atomic mass is 9.94. The number of carbonyl (C=O) groups is 1. The average molecular weight is 394 g/mol. The van der Waals surface area contributed by atoms with E-state index < -0.39 is 5.60 Å². The molecular weight excluding hydrogens is 378 g/mol. The minimum atomic E-state index is -1.25. The molecule has 1 atom stereocenters. The van der Waals surface area contributed by atoms with Crippen LogP contribution in [0.5, 0.6) is 5.75 Å². The smallest absolute Gasteiger partial charge is 0.258 e. The van der Waals surface area contributed by atoms with E-state index in [2.05, 4.69) is 5.32 Å². The van der Waals surface area contributed by atoms with Gasteiger partial charge in [-0.3, -0.25) is 4.79 Å². The summed E-state index contributed by atoms with van der Waals surface area (Å²) in [5.41, 5.74) is -0.483. The fraction of sp³-hybridized carbons (Fsp3) is 0.167. The van der Waals surface area contributed by atoms with Crippen LogP contribution in [-0.4, -0.2) is 24.2 Å². The molecule has 0 fully saturated rings. The van der Waals surface area contributed by atoms with Crippen LogP contribution in [0.4, 0.5) is 0 Å². The van der Waals surface area contributed by atoms with Gasteiger partial charge in [-0.05, 0) is 52.5 Å². The van der Waals surface area contributed by atoms with Gasteiger partial charge in [0.05, 0.1) is 6.54 Å². The van der Waals surface area contributed by atoms with Gasteiger partial charge in [0.1, 0.15) is 11.4 Å². The van der Waals surface area contributed by atoms with E-state index in [-0.39, 0.29) is 19.1 Å². The summed E-state index contributed by atoms with van der Waals surface area (Å²) in [5, 5.41) is 20.2. The third-order valence-electron chi connectivity index (χ3n) is 3.65. The Kier molecular flexibility index (Phi) is 5.75. The molecule has 1 unspecified atom stereocenters. The number of rotatable bonds is 7. The maximum absolute atomic E-state index is 12.1. The van der Waals surface area contributed by atoms with Crippen molar-refractivity contribution in [3.8, 4) is 5.75 Å². The molecule has 0 aliphatic heterocycles. The molecule has 130 valence electrons. The Morgan fingerprint density at radius 3 is 2.64 bits per heavy atom. The Bertz CT molecular complexity index is 767. The second-order valence-electron chi connectivity index (χ2n) is 5.37. The minimum absolute atomic E-state index is 0.0764. The van der Waals surface area contributed by atoms with Crippen molar-refractivity contribution in [3.63, 3.8) is 0 Å². The average Bonchev–Trinajstić information content (AvgIpc) is 3.33. The first kappa shape index (κ1) is 17.9. The predicted octanol–water partition coefficient (Wildman–Crippen LogP) is 3.89. The van der Waals surface area contributed by atoms with Crippen molar-refractivity contribution in [2.45, 2.75) is 5.60 Å². The summed E-state index contributed by atoms with van der Waals surface area (Å²) in [5.74, 6) is 0.256. The molecule has 0 radical (unpaired) electrons. The SMILES string of the molecule is O=C(COc1ccc(Cl)cc1)NCC(O)(c1ccsc1)c1cccs1. The number of hydrogen-bond acceptors (Lipinski definition) is 5. The van der Waals surface area contributed by atoms with Gasteiger partial charge in [0.15, 0.2) is 6.61 Å². The van der Waals surface area contributed by atoms with E-state index in [0.29, 0.717) is 10.8 Å². The monoisotopic (exact) mass is 393 g/mol. The van der Waals surface area contributed by atoms with Gasteiger partial charge >= 0.3 is 0 Å². The van der Waals surface area contributed by atoms with E-state index in [0.717, 1.165) is 10.4 Å². The second-order valence-corrected chi connectivity index (χ2v) is 7.53. The van der Waals surface area contributed by atoms with Gasteiger partial charge in [-0.1, -0.05) is 17.7 Å². The highest BCUT2D eigenvalue weighted by molar-refractivity contribution is 7.10. The van der Waals surface area contributed by atoms with E-state index in [1.54, 1.807) is 24.3 Å². The lowest BCUT2D eigenvalue weighted by Crippen LogP contribution is -2.42. The summed E-state index contributed by atoms with van der Waals surface area (Å²) in [7, 11) is 0. The van der Waals surface area contributed by atoms with E-state index in [4.69, 9.17) is 16.3 Å². The zero-order chi connectivity index (χ0) is 17.7. The number of ether oxygens (including phenoxy) is 1. The Labute approximate surface area is 158 Å². The van der Waals surface area contributed by atoms with E-state index in [1.807, 2.05) is 34.3 Å². The molecule has 3 aromatic rings. The number of benzene rings is 1. The highest BCUT2D eigenvalue weighted by atomic mass is 35.5. The number of thiophene rings is 2. The third-order valence-corrected chi connectivity index (χ3v) is 5.61. The van der Waals surface area contributed by atoms with Gasteiger partial charge in [0.25, 0.3) is 5.91 Å². The third kappa shape index (κ3) is 4.41. The molecule has 0 aliphatic rings. The molecule has 2 heterocycles. The van der Waals surface area contributed by atoms with E-state index in [1.165, 1.54) is 22.7 Å². The first-order chi connectivity index (χ1) is 12.1. The van der Waals surface area contributed by atoms with Crippen LogP contribution >= 0.6 is 34.3 Å². The van der Waals surface area contributed by atoms with Crippen molar-refractivity contribution in [2.24, 2.45) is 0 Å². The van der Waals surface area contributed by atoms with Crippen molar-refractivity contribution in [2.75, 3.05) is 13.2 Å². The molecule has 1 amide bonds. The van der Waals surface area contributed by atoms with Crippen LogP contribution in [0.3, 0.4) is 0 Å². The molecule has 0 saturated carbocycles. The predicted molar refractivity (Wildman–Crippen MR) is 102 cm³/mol. The van der Waals surface area contributed by atoms with E-state index in [9.17, 15) is 9.90 Å². The number of amides is 1. The van der Waals surface area contributed by atoms with Crippen molar-refractivity contribution < 1.29 is 14.6 Å². The van der Waals surface area contributed by atoms with Crippen LogP contribution < -0.4 is 10.1 Å². The zero-order valence-corrected chi connectivity index (χ0v) is 15.5. The number of nitrogens with one attached hydrogen (secondary N) is 1. The first-order valence-corrected chi connectivity index (χ1v) is 9.72. The minimum Gasteiger partial charge on any atom is -0.484 e. The van der Waals surface area contributed by atoms with Gasteiger partial charge in [-0.2, -0.15) is 11.3 Å². The van der Waals surface area contributed by atoms with Crippen molar-refractivity contribution in [1.29, 1.82) is 0 Å². The van der Waals surface area contributed by atoms with Crippen LogP contribution in [-0.2, 0) is 10.4 Å². The number of halogens is 1. The van der Waals surface area contributed by atoms with Gasteiger partial charge in [-0.25, -0.2) is 0 Å². The van der Waals surface area contributed by atoms with Crippen LogP contribution in [0.1, 0.15) is 10.4 Å². The lowest BCUT2D eigenvalue weighted by Gasteiger charge is -2.27. The van der Waals surface area contributed by atoms with E-state index >= 15 is 0 Å². The second kappa shape index (κ2) is 8.01. The molecule has 0 bridgehead atoms. The number of carbonyl (C=O) groups excluding carboxylic acids is 1. The zero-order valence-electron chi connectivity index (χ0n) is 13.1. The molecule has 2 N–H and O–H groups in total. The summed E-state index contributed by atoms with van der Waals surface area (Å²) in [6, 6.07) is 12.4. The van der Waals surface area contributed by atoms with Gasteiger partial charge < -0.3 is 15.2 Å². The normalized spacial score (nSPS) is 13.2. The highest BCUT2D eigenvalue weighted by Crippen LogP contribution is 2.33. The molecule has 3 rings (SSSR count). The van der Waals surface area contributed by atoms with Crippen LogP contribution in [0.2, 0.25) is 5.02 Å². The quantitative estimate of drug-likeness (QED) is 0.640. The standard InChI is InChI=1S/C18H16ClNO3S2/c19-14-3-5-15(6-4-14)23-10-17(21)20-12-18(22,13-7-9-24-11-13)16-2-1-8-25-16/h1-9,11,22H,10,12H2,(H,20,21). The molecule has 0 aliphatic carbocycles.